The molecule has 1 aliphatic rings. The van der Waals surface area contributed by atoms with Crippen molar-refractivity contribution in [2.45, 2.75) is 39.3 Å². The Bertz CT molecular complexity index is 431. The second-order valence-electron chi connectivity index (χ2n) is 5.94. The molecule has 0 spiro atoms. The number of hydrogen-bond donors (Lipinski definition) is 1. The molecule has 1 aliphatic heterocycles. The van der Waals surface area contributed by atoms with Crippen LogP contribution in [0.1, 0.15) is 32.4 Å². The number of hydrogen-bond acceptors (Lipinski definition) is 3. The van der Waals surface area contributed by atoms with Crippen molar-refractivity contribution in [1.29, 1.82) is 0 Å². The van der Waals surface area contributed by atoms with Gasteiger partial charge in [-0.1, -0.05) is 37.0 Å². The predicted molar refractivity (Wildman–Crippen MR) is 85.4 cm³/mol. The molecule has 1 saturated heterocycles. The topological polar surface area (TPSA) is 28.2 Å². The summed E-state index contributed by atoms with van der Waals surface area (Å²) in [6, 6.07) is 4.15. The molecule has 0 radical (unpaired) electrons. The van der Waals surface area contributed by atoms with Crippen LogP contribution in [0.5, 0.6) is 0 Å². The van der Waals surface area contributed by atoms with Crippen LogP contribution in [0.25, 0.3) is 0 Å². The Morgan fingerprint density at radius 2 is 2.20 bits per heavy atom. The monoisotopic (exact) mass is 315 g/mol. The Kier molecular flexibility index (Phi) is 6.09. The Labute approximate surface area is 131 Å². The zero-order valence-electron chi connectivity index (χ0n) is 12.2. The molecule has 2 heterocycles. The molecule has 5 heteroatoms. The van der Waals surface area contributed by atoms with E-state index in [1.54, 1.807) is 6.07 Å². The van der Waals surface area contributed by atoms with Gasteiger partial charge in [-0.05, 0) is 37.4 Å². The van der Waals surface area contributed by atoms with Gasteiger partial charge in [0.2, 0.25) is 0 Å². The minimum Gasteiger partial charge on any atom is -0.313 e. The van der Waals surface area contributed by atoms with Crippen LogP contribution in [0.4, 0.5) is 0 Å². The molecule has 1 fully saturated rings. The highest BCUT2D eigenvalue weighted by atomic mass is 35.5. The number of nitrogens with one attached hydrogen (secondary N) is 1. The zero-order valence-corrected chi connectivity index (χ0v) is 13.7. The molecule has 1 atom stereocenters. The maximum Gasteiger partial charge on any atom is 0.129 e. The Morgan fingerprint density at radius 1 is 1.40 bits per heavy atom. The van der Waals surface area contributed by atoms with Gasteiger partial charge < -0.3 is 5.32 Å². The first-order valence-corrected chi connectivity index (χ1v) is 8.07. The molecule has 112 valence electrons. The van der Waals surface area contributed by atoms with Crippen molar-refractivity contribution in [3.63, 3.8) is 0 Å². The zero-order chi connectivity index (χ0) is 14.5. The van der Waals surface area contributed by atoms with Gasteiger partial charge in [0.1, 0.15) is 5.15 Å². The van der Waals surface area contributed by atoms with Gasteiger partial charge in [-0.3, -0.25) is 4.90 Å². The molecule has 2 rings (SSSR count). The van der Waals surface area contributed by atoms with Crippen LogP contribution < -0.4 is 5.32 Å². The van der Waals surface area contributed by atoms with E-state index in [2.05, 4.69) is 29.0 Å². The first kappa shape index (κ1) is 16.0. The highest BCUT2D eigenvalue weighted by Gasteiger charge is 2.19. The van der Waals surface area contributed by atoms with E-state index in [4.69, 9.17) is 23.2 Å². The van der Waals surface area contributed by atoms with Crippen molar-refractivity contribution in [2.24, 2.45) is 5.92 Å². The second kappa shape index (κ2) is 7.60. The van der Waals surface area contributed by atoms with Gasteiger partial charge in [-0.25, -0.2) is 4.98 Å². The molecule has 20 heavy (non-hydrogen) atoms. The maximum atomic E-state index is 6.23. The summed E-state index contributed by atoms with van der Waals surface area (Å²) < 4.78 is 0. The molecule has 3 nitrogen and oxygen atoms in total. The molecule has 0 aromatic carbocycles. The first-order valence-electron chi connectivity index (χ1n) is 7.31. The second-order valence-corrected chi connectivity index (χ2v) is 6.74. The molecule has 1 N–H and O–H groups in total. The van der Waals surface area contributed by atoms with Crippen LogP contribution in [0.15, 0.2) is 12.1 Å². The largest absolute Gasteiger partial charge is 0.313 e. The summed E-state index contributed by atoms with van der Waals surface area (Å²) in [5.41, 5.74) is 0.873. The quantitative estimate of drug-likeness (QED) is 0.813. The summed E-state index contributed by atoms with van der Waals surface area (Å²) in [6.07, 6.45) is 2.53. The normalized spacial score (nSPS) is 19.2. The number of halogens is 2. The molecule has 1 aromatic heterocycles. The third-order valence-electron chi connectivity index (χ3n) is 3.52. The molecular weight excluding hydrogens is 293 g/mol. The lowest BCUT2D eigenvalue weighted by molar-refractivity contribution is 0.214. The van der Waals surface area contributed by atoms with Gasteiger partial charge in [-0.2, -0.15) is 0 Å². The predicted octanol–water partition coefficient (Wildman–Crippen LogP) is 3.60. The third kappa shape index (κ3) is 4.88. The van der Waals surface area contributed by atoms with E-state index < -0.39 is 0 Å². The highest BCUT2D eigenvalue weighted by Crippen LogP contribution is 2.20. The molecule has 1 unspecified atom stereocenters. The lowest BCUT2D eigenvalue weighted by Crippen LogP contribution is -2.39. The van der Waals surface area contributed by atoms with Crippen molar-refractivity contribution in [2.75, 3.05) is 19.6 Å². The maximum absolute atomic E-state index is 6.23. The average molecular weight is 316 g/mol. The van der Waals surface area contributed by atoms with Gasteiger partial charge in [0.05, 0.1) is 10.7 Å². The summed E-state index contributed by atoms with van der Waals surface area (Å²) in [5, 5.41) is 4.76. The van der Waals surface area contributed by atoms with E-state index in [1.807, 2.05) is 6.07 Å². The van der Waals surface area contributed by atoms with Gasteiger partial charge >= 0.3 is 0 Å². The van der Waals surface area contributed by atoms with Crippen LogP contribution in [0.3, 0.4) is 0 Å². The van der Waals surface area contributed by atoms with E-state index in [0.29, 0.717) is 22.1 Å². The van der Waals surface area contributed by atoms with Crippen molar-refractivity contribution in [3.05, 3.63) is 28.0 Å². The van der Waals surface area contributed by atoms with E-state index in [9.17, 15) is 0 Å². The highest BCUT2D eigenvalue weighted by molar-refractivity contribution is 6.32. The number of nitrogens with zero attached hydrogens (tertiary/aromatic N) is 2. The van der Waals surface area contributed by atoms with Crippen LogP contribution in [0, 0.1) is 5.92 Å². The Hall–Kier alpha value is -0.350. The minimum atomic E-state index is 0.507. The van der Waals surface area contributed by atoms with E-state index >= 15 is 0 Å². The van der Waals surface area contributed by atoms with Crippen LogP contribution >= 0.6 is 23.2 Å². The van der Waals surface area contributed by atoms with Crippen LogP contribution in [-0.2, 0) is 6.54 Å². The van der Waals surface area contributed by atoms with Crippen molar-refractivity contribution in [3.8, 4) is 0 Å². The fourth-order valence-corrected chi connectivity index (χ4v) is 3.05. The van der Waals surface area contributed by atoms with Crippen molar-refractivity contribution >= 4 is 23.2 Å². The number of aromatic nitrogens is 1. The summed E-state index contributed by atoms with van der Waals surface area (Å²) in [7, 11) is 0. The van der Waals surface area contributed by atoms with E-state index in [1.165, 1.54) is 12.8 Å². The lowest BCUT2D eigenvalue weighted by atomic mass is 10.1. The van der Waals surface area contributed by atoms with Crippen LogP contribution in [0.2, 0.25) is 10.2 Å². The first-order chi connectivity index (χ1) is 9.54. The minimum absolute atomic E-state index is 0.507. The molecule has 0 bridgehead atoms. The fraction of sp³-hybridized carbons (Fsp3) is 0.667. The van der Waals surface area contributed by atoms with Crippen molar-refractivity contribution < 1.29 is 0 Å². The fourth-order valence-electron chi connectivity index (χ4n) is 2.72. The molecule has 0 saturated carbocycles. The SMILES string of the molecule is CC(C)CN(Cc1nc(Cl)ccc1Cl)CC1CCCN1. The van der Waals surface area contributed by atoms with Gasteiger partial charge in [0.15, 0.2) is 0 Å². The van der Waals surface area contributed by atoms with Gasteiger partial charge in [0, 0.05) is 25.7 Å². The third-order valence-corrected chi connectivity index (χ3v) is 4.08. The summed E-state index contributed by atoms with van der Waals surface area (Å²) >= 11 is 12.2. The van der Waals surface area contributed by atoms with E-state index in [0.717, 1.165) is 31.9 Å². The van der Waals surface area contributed by atoms with E-state index in [-0.39, 0.29) is 0 Å². The summed E-state index contributed by atoms with van der Waals surface area (Å²) in [6.45, 7) is 8.46. The summed E-state index contributed by atoms with van der Waals surface area (Å²) in [4.78, 5) is 6.79. The summed E-state index contributed by atoms with van der Waals surface area (Å²) in [5.74, 6) is 0.620. The number of pyridine rings is 1. The molecule has 0 amide bonds. The Morgan fingerprint density at radius 3 is 2.85 bits per heavy atom. The average Bonchev–Trinajstić information content (AvgIpc) is 2.86. The smallest absolute Gasteiger partial charge is 0.129 e. The standard InChI is InChI=1S/C15H23Cl2N3/c1-11(2)8-20(9-12-4-3-7-18-12)10-14-13(16)5-6-15(17)19-14/h5-6,11-12,18H,3-4,7-10H2,1-2H3. The molecule has 1 aromatic rings. The van der Waals surface area contributed by atoms with Gasteiger partial charge in [-0.15, -0.1) is 0 Å². The van der Waals surface area contributed by atoms with Crippen LogP contribution in [-0.4, -0.2) is 35.6 Å². The Balaban J connectivity index is 2.03. The van der Waals surface area contributed by atoms with Gasteiger partial charge in [0.25, 0.3) is 0 Å². The molecular formula is C15H23Cl2N3. The number of rotatable bonds is 6. The van der Waals surface area contributed by atoms with Crippen molar-refractivity contribution in [1.82, 2.24) is 15.2 Å². The lowest BCUT2D eigenvalue weighted by Gasteiger charge is -2.27. The molecule has 0 aliphatic carbocycles.